The maximum Gasteiger partial charge on any atom is 0.0482 e. The molecule has 2 rings (SSSR count). The Balaban J connectivity index is 2.73. The van der Waals surface area contributed by atoms with Gasteiger partial charge in [0, 0.05) is 89.8 Å². The van der Waals surface area contributed by atoms with Gasteiger partial charge >= 0.3 is 0 Å². The van der Waals surface area contributed by atoms with Crippen molar-refractivity contribution in [3.63, 3.8) is 0 Å². The first-order chi connectivity index (χ1) is 12.3. The third kappa shape index (κ3) is 4.06. The van der Waals surface area contributed by atoms with E-state index < -0.39 is 0 Å². The monoisotopic (exact) mass is 353 g/mol. The third-order valence-corrected chi connectivity index (χ3v) is 4.74. The molecular formula is C22H33N4. The van der Waals surface area contributed by atoms with Gasteiger partial charge in [-0.25, -0.2) is 0 Å². The van der Waals surface area contributed by atoms with E-state index in [0.29, 0.717) is 0 Å². The minimum absolute atomic E-state index is 0.983. The fourth-order valence-corrected chi connectivity index (χ4v) is 3.21. The summed E-state index contributed by atoms with van der Waals surface area (Å²) in [5.74, 6) is 0. The Labute approximate surface area is 159 Å². The van der Waals surface area contributed by atoms with Crippen LogP contribution in [-0.2, 0) is 0 Å². The van der Waals surface area contributed by atoms with Crippen LogP contribution < -0.4 is 19.6 Å². The lowest BCUT2D eigenvalue weighted by Gasteiger charge is -2.28. The molecule has 4 heteroatoms. The summed E-state index contributed by atoms with van der Waals surface area (Å²) in [7, 11) is 12.6. The number of rotatable bonds is 7. The van der Waals surface area contributed by atoms with Crippen molar-refractivity contribution in [1.82, 2.24) is 0 Å². The standard InChI is InChI=1S/C22H33N4/c1-9-26(10-2)18-13-11-12-17(14-18)22-20(24(5)6)15-19(23(3)4)16-21(22)25(7)8/h11-12,14-16H,9-10H2,1-8H3. The maximum absolute atomic E-state index is 3.40. The summed E-state index contributed by atoms with van der Waals surface area (Å²) in [4.78, 5) is 8.89. The first-order valence-corrected chi connectivity index (χ1v) is 9.27. The summed E-state index contributed by atoms with van der Waals surface area (Å²) < 4.78 is 0. The van der Waals surface area contributed by atoms with Crippen LogP contribution >= 0.6 is 0 Å². The SMILES string of the molecule is CCN(CC)c1[c]ccc(-c2c(N(C)C)cc(N(C)C)cc2N(C)C)c1. The van der Waals surface area contributed by atoms with E-state index in [0.717, 1.165) is 18.8 Å². The first kappa shape index (κ1) is 20.0. The fraction of sp³-hybridized carbons (Fsp3) is 0.455. The van der Waals surface area contributed by atoms with Crippen LogP contribution in [0.3, 0.4) is 0 Å². The largest absolute Gasteiger partial charge is 0.378 e. The summed E-state index contributed by atoms with van der Waals surface area (Å²) in [6, 6.07) is 14.4. The average Bonchev–Trinajstić information content (AvgIpc) is 2.61. The topological polar surface area (TPSA) is 13.0 Å². The molecule has 0 spiro atoms. The van der Waals surface area contributed by atoms with Gasteiger partial charge in [-0.2, -0.15) is 0 Å². The molecule has 0 N–H and O–H groups in total. The van der Waals surface area contributed by atoms with Gasteiger partial charge in [0.15, 0.2) is 0 Å². The second-order valence-electron chi connectivity index (χ2n) is 7.18. The van der Waals surface area contributed by atoms with Crippen molar-refractivity contribution in [1.29, 1.82) is 0 Å². The van der Waals surface area contributed by atoms with Crippen molar-refractivity contribution in [3.05, 3.63) is 36.4 Å². The van der Waals surface area contributed by atoms with Crippen LogP contribution in [0.4, 0.5) is 22.7 Å². The summed E-state index contributed by atoms with van der Waals surface area (Å²) in [6.07, 6.45) is 0. The number of nitrogens with zero attached hydrogens (tertiary/aromatic N) is 4. The Kier molecular flexibility index (Phi) is 6.41. The predicted molar refractivity (Wildman–Crippen MR) is 117 cm³/mol. The second kappa shape index (κ2) is 8.35. The van der Waals surface area contributed by atoms with Crippen LogP contribution in [0.25, 0.3) is 11.1 Å². The minimum atomic E-state index is 0.983. The molecule has 0 aliphatic carbocycles. The molecule has 0 atom stereocenters. The van der Waals surface area contributed by atoms with Crippen molar-refractivity contribution in [2.75, 3.05) is 75.0 Å². The molecule has 0 unspecified atom stereocenters. The first-order valence-electron chi connectivity index (χ1n) is 9.27. The molecule has 0 aliphatic heterocycles. The van der Waals surface area contributed by atoms with Crippen LogP contribution in [-0.4, -0.2) is 55.4 Å². The lowest BCUT2D eigenvalue weighted by Crippen LogP contribution is -2.22. The highest BCUT2D eigenvalue weighted by molar-refractivity contribution is 5.93. The zero-order chi connectivity index (χ0) is 19.4. The quantitative estimate of drug-likeness (QED) is 0.739. The second-order valence-corrected chi connectivity index (χ2v) is 7.18. The van der Waals surface area contributed by atoms with Crippen LogP contribution in [0.15, 0.2) is 30.3 Å². The van der Waals surface area contributed by atoms with E-state index in [9.17, 15) is 0 Å². The van der Waals surface area contributed by atoms with Crippen molar-refractivity contribution in [3.8, 4) is 11.1 Å². The molecule has 0 bridgehead atoms. The molecule has 2 aromatic carbocycles. The van der Waals surface area contributed by atoms with Crippen molar-refractivity contribution < 1.29 is 0 Å². The smallest absolute Gasteiger partial charge is 0.0482 e. The predicted octanol–water partition coefficient (Wildman–Crippen LogP) is 4.20. The molecule has 26 heavy (non-hydrogen) atoms. The number of hydrogen-bond acceptors (Lipinski definition) is 4. The Hall–Kier alpha value is -2.36. The van der Waals surface area contributed by atoms with Crippen molar-refractivity contribution >= 4 is 22.7 Å². The Morgan fingerprint density at radius 2 is 1.31 bits per heavy atom. The lowest BCUT2D eigenvalue weighted by atomic mass is 9.98. The molecule has 0 heterocycles. The highest BCUT2D eigenvalue weighted by Gasteiger charge is 2.18. The molecule has 1 radical (unpaired) electrons. The van der Waals surface area contributed by atoms with Crippen LogP contribution in [0.1, 0.15) is 13.8 Å². The van der Waals surface area contributed by atoms with Gasteiger partial charge in [0.2, 0.25) is 0 Å². The van der Waals surface area contributed by atoms with Gasteiger partial charge in [-0.15, -0.1) is 0 Å². The Bertz CT molecular complexity index is 702. The van der Waals surface area contributed by atoms with E-state index in [1.54, 1.807) is 0 Å². The van der Waals surface area contributed by atoms with Gasteiger partial charge in [0.05, 0.1) is 0 Å². The molecule has 0 aliphatic rings. The van der Waals surface area contributed by atoms with E-state index in [-0.39, 0.29) is 0 Å². The summed E-state index contributed by atoms with van der Waals surface area (Å²) in [6.45, 7) is 6.34. The van der Waals surface area contributed by atoms with Crippen molar-refractivity contribution in [2.45, 2.75) is 13.8 Å². The molecule has 0 saturated carbocycles. The summed E-state index contributed by atoms with van der Waals surface area (Å²) in [5.41, 5.74) is 7.27. The Morgan fingerprint density at radius 1 is 0.769 bits per heavy atom. The lowest BCUT2D eigenvalue weighted by molar-refractivity contribution is 0.866. The van der Waals surface area contributed by atoms with Crippen LogP contribution in [0, 0.1) is 6.07 Å². The van der Waals surface area contributed by atoms with Gasteiger partial charge in [-0.1, -0.05) is 12.1 Å². The third-order valence-electron chi connectivity index (χ3n) is 4.74. The van der Waals surface area contributed by atoms with E-state index in [2.05, 4.69) is 106 Å². The van der Waals surface area contributed by atoms with Gasteiger partial charge in [-0.05, 0) is 37.6 Å². The molecule has 2 aromatic rings. The van der Waals surface area contributed by atoms with Crippen LogP contribution in [0.5, 0.6) is 0 Å². The van der Waals surface area contributed by atoms with E-state index in [1.807, 2.05) is 6.07 Å². The minimum Gasteiger partial charge on any atom is -0.378 e. The number of anilines is 4. The van der Waals surface area contributed by atoms with E-state index in [4.69, 9.17) is 0 Å². The van der Waals surface area contributed by atoms with Gasteiger partial charge in [0.1, 0.15) is 0 Å². The molecule has 0 fully saturated rings. The molecule has 0 saturated heterocycles. The molecule has 141 valence electrons. The van der Waals surface area contributed by atoms with Crippen molar-refractivity contribution in [2.24, 2.45) is 0 Å². The summed E-state index contributed by atoms with van der Waals surface area (Å²) in [5, 5.41) is 0. The molecule has 4 nitrogen and oxygen atoms in total. The van der Waals surface area contributed by atoms with Gasteiger partial charge in [-0.3, -0.25) is 0 Å². The maximum atomic E-state index is 3.40. The molecule has 0 amide bonds. The highest BCUT2D eigenvalue weighted by atomic mass is 15.1. The highest BCUT2D eigenvalue weighted by Crippen LogP contribution is 2.42. The number of hydrogen-bond donors (Lipinski definition) is 0. The van der Waals surface area contributed by atoms with E-state index in [1.165, 1.54) is 28.2 Å². The molecular weight excluding hydrogens is 320 g/mol. The Morgan fingerprint density at radius 3 is 1.73 bits per heavy atom. The van der Waals surface area contributed by atoms with Gasteiger partial charge < -0.3 is 19.6 Å². The summed E-state index contributed by atoms with van der Waals surface area (Å²) >= 11 is 0. The zero-order valence-corrected chi connectivity index (χ0v) is 17.6. The average molecular weight is 354 g/mol. The number of benzene rings is 2. The van der Waals surface area contributed by atoms with Gasteiger partial charge in [0.25, 0.3) is 0 Å². The fourth-order valence-electron chi connectivity index (χ4n) is 3.21. The normalized spacial score (nSPS) is 10.6. The van der Waals surface area contributed by atoms with E-state index >= 15 is 0 Å². The van der Waals surface area contributed by atoms with Crippen LogP contribution in [0.2, 0.25) is 0 Å². The zero-order valence-electron chi connectivity index (χ0n) is 17.6. The molecule has 0 aromatic heterocycles.